The third kappa shape index (κ3) is 2.20. The number of nitrogens with zero attached hydrogens (tertiary/aromatic N) is 1. The molecular formula is C15H18N2S. The fraction of sp³-hybridized carbons (Fsp3) is 0.400. The number of rotatable bonds is 3. The lowest BCUT2D eigenvalue weighted by Gasteiger charge is -2.37. The zero-order valence-electron chi connectivity index (χ0n) is 10.4. The van der Waals surface area contributed by atoms with Gasteiger partial charge >= 0.3 is 0 Å². The van der Waals surface area contributed by atoms with E-state index in [1.54, 1.807) is 11.3 Å². The molecule has 0 amide bonds. The van der Waals surface area contributed by atoms with E-state index >= 15 is 0 Å². The lowest BCUT2D eigenvalue weighted by Crippen LogP contribution is -2.38. The first-order chi connectivity index (χ1) is 8.81. The topological polar surface area (TPSA) is 38.9 Å². The molecule has 0 bridgehead atoms. The number of hydrogen-bond donors (Lipinski definition) is 1. The zero-order chi connectivity index (χ0) is 12.4. The molecule has 3 rings (SSSR count). The highest BCUT2D eigenvalue weighted by Gasteiger charge is 2.33. The van der Waals surface area contributed by atoms with Crippen molar-refractivity contribution < 1.29 is 0 Å². The molecule has 1 aliphatic carbocycles. The summed E-state index contributed by atoms with van der Waals surface area (Å²) in [5, 5.41) is 0. The number of aryl methyl sites for hydroxylation is 1. The molecule has 0 radical (unpaired) electrons. The van der Waals surface area contributed by atoms with Crippen molar-refractivity contribution in [3.8, 4) is 0 Å². The van der Waals surface area contributed by atoms with Gasteiger partial charge in [0.1, 0.15) is 0 Å². The van der Waals surface area contributed by atoms with Crippen molar-refractivity contribution in [2.45, 2.75) is 25.7 Å². The molecule has 1 aliphatic rings. The van der Waals surface area contributed by atoms with Crippen molar-refractivity contribution in [2.75, 3.05) is 6.54 Å². The van der Waals surface area contributed by atoms with E-state index in [0.29, 0.717) is 0 Å². The Bertz CT molecular complexity index is 521. The lowest BCUT2D eigenvalue weighted by atomic mass is 9.69. The summed E-state index contributed by atoms with van der Waals surface area (Å²) in [6.45, 7) is 0.763. The second-order valence-electron chi connectivity index (χ2n) is 5.29. The first kappa shape index (κ1) is 11.9. The quantitative estimate of drug-likeness (QED) is 0.919. The van der Waals surface area contributed by atoms with Crippen molar-refractivity contribution in [3.05, 3.63) is 52.0 Å². The summed E-state index contributed by atoms with van der Waals surface area (Å²) < 4.78 is 0. The average Bonchev–Trinajstić information content (AvgIpc) is 2.91. The first-order valence-electron chi connectivity index (χ1n) is 6.46. The van der Waals surface area contributed by atoms with E-state index in [0.717, 1.165) is 25.8 Å². The molecule has 0 fully saturated rings. The van der Waals surface area contributed by atoms with E-state index in [-0.39, 0.29) is 5.41 Å². The van der Waals surface area contributed by atoms with Crippen molar-refractivity contribution in [1.29, 1.82) is 0 Å². The van der Waals surface area contributed by atoms with E-state index < -0.39 is 0 Å². The maximum absolute atomic E-state index is 6.10. The maximum atomic E-state index is 6.10. The monoisotopic (exact) mass is 258 g/mol. The summed E-state index contributed by atoms with van der Waals surface area (Å²) in [6.07, 6.45) is 6.52. The molecule has 1 unspecified atom stereocenters. The van der Waals surface area contributed by atoms with Crippen molar-refractivity contribution in [3.63, 3.8) is 0 Å². The normalized spacial score (nSPS) is 22.7. The third-order valence-electron chi connectivity index (χ3n) is 4.07. The highest BCUT2D eigenvalue weighted by molar-refractivity contribution is 7.09. The van der Waals surface area contributed by atoms with Gasteiger partial charge in [0.2, 0.25) is 0 Å². The Morgan fingerprint density at radius 1 is 1.28 bits per heavy atom. The third-order valence-corrected chi connectivity index (χ3v) is 4.85. The van der Waals surface area contributed by atoms with Crippen LogP contribution in [0.25, 0.3) is 0 Å². The van der Waals surface area contributed by atoms with Gasteiger partial charge in [0.15, 0.2) is 0 Å². The van der Waals surface area contributed by atoms with Crippen LogP contribution in [0, 0.1) is 5.41 Å². The minimum atomic E-state index is 0.237. The molecule has 2 nitrogen and oxygen atoms in total. The standard InChI is InChI=1S/C15H18N2S/c16-10-15(8-14-9-17-11-18-14)6-5-12-3-1-2-4-13(12)7-15/h1-4,9,11H,5-8,10,16H2. The maximum Gasteiger partial charge on any atom is 0.0794 e. The number of nitrogens with two attached hydrogens (primary N) is 1. The van der Waals surface area contributed by atoms with Crippen LogP contribution in [0.5, 0.6) is 0 Å². The Hall–Kier alpha value is -1.19. The summed E-state index contributed by atoms with van der Waals surface area (Å²) in [5.41, 5.74) is 11.2. The van der Waals surface area contributed by atoms with Crippen molar-refractivity contribution >= 4 is 11.3 Å². The van der Waals surface area contributed by atoms with E-state index in [9.17, 15) is 0 Å². The second kappa shape index (κ2) is 4.82. The van der Waals surface area contributed by atoms with Gasteiger partial charge in [0.25, 0.3) is 0 Å². The van der Waals surface area contributed by atoms with Gasteiger partial charge in [-0.05, 0) is 48.8 Å². The Kier molecular flexibility index (Phi) is 3.18. The van der Waals surface area contributed by atoms with Crippen LogP contribution in [-0.2, 0) is 19.3 Å². The molecule has 2 N–H and O–H groups in total. The Labute approximate surface area is 112 Å². The average molecular weight is 258 g/mol. The van der Waals surface area contributed by atoms with E-state index in [2.05, 4.69) is 29.2 Å². The molecule has 1 aromatic heterocycles. The van der Waals surface area contributed by atoms with E-state index in [1.165, 1.54) is 22.4 Å². The molecule has 0 saturated heterocycles. The Morgan fingerprint density at radius 2 is 2.11 bits per heavy atom. The van der Waals surface area contributed by atoms with Gasteiger partial charge in [-0.15, -0.1) is 11.3 Å². The number of benzene rings is 1. The molecule has 94 valence electrons. The number of thiazole rings is 1. The highest BCUT2D eigenvalue weighted by Crippen LogP contribution is 2.38. The minimum absolute atomic E-state index is 0.237. The molecule has 0 spiro atoms. The molecule has 2 aromatic rings. The van der Waals surface area contributed by atoms with Gasteiger partial charge in [-0.3, -0.25) is 4.98 Å². The molecule has 0 saturated carbocycles. The lowest BCUT2D eigenvalue weighted by molar-refractivity contribution is 0.255. The highest BCUT2D eigenvalue weighted by atomic mass is 32.1. The van der Waals surface area contributed by atoms with Crippen LogP contribution >= 0.6 is 11.3 Å². The minimum Gasteiger partial charge on any atom is -0.330 e. The van der Waals surface area contributed by atoms with Crippen LogP contribution in [0.3, 0.4) is 0 Å². The van der Waals surface area contributed by atoms with Gasteiger partial charge in [-0.2, -0.15) is 0 Å². The van der Waals surface area contributed by atoms with Crippen LogP contribution in [0.2, 0.25) is 0 Å². The van der Waals surface area contributed by atoms with Gasteiger partial charge in [0, 0.05) is 11.1 Å². The Balaban J connectivity index is 1.86. The smallest absolute Gasteiger partial charge is 0.0794 e. The number of fused-ring (bicyclic) bond motifs is 1. The summed E-state index contributed by atoms with van der Waals surface area (Å²) in [5.74, 6) is 0. The summed E-state index contributed by atoms with van der Waals surface area (Å²) in [4.78, 5) is 5.54. The van der Waals surface area contributed by atoms with Gasteiger partial charge in [0.05, 0.1) is 5.51 Å². The first-order valence-corrected chi connectivity index (χ1v) is 7.34. The molecule has 1 aromatic carbocycles. The summed E-state index contributed by atoms with van der Waals surface area (Å²) in [6, 6.07) is 8.78. The summed E-state index contributed by atoms with van der Waals surface area (Å²) >= 11 is 1.75. The second-order valence-corrected chi connectivity index (χ2v) is 6.27. The SMILES string of the molecule is NCC1(Cc2cncs2)CCc2ccccc2C1. The fourth-order valence-electron chi connectivity index (χ4n) is 2.96. The van der Waals surface area contributed by atoms with E-state index in [1.807, 2.05) is 11.7 Å². The van der Waals surface area contributed by atoms with Gasteiger partial charge in [-0.25, -0.2) is 0 Å². The van der Waals surface area contributed by atoms with Crippen molar-refractivity contribution in [2.24, 2.45) is 11.1 Å². The molecule has 3 heteroatoms. The fourth-order valence-corrected chi connectivity index (χ4v) is 3.73. The predicted molar refractivity (Wildman–Crippen MR) is 75.8 cm³/mol. The summed E-state index contributed by atoms with van der Waals surface area (Å²) in [7, 11) is 0. The number of hydrogen-bond acceptors (Lipinski definition) is 3. The van der Waals surface area contributed by atoms with Crippen LogP contribution in [0.1, 0.15) is 22.4 Å². The predicted octanol–water partition coefficient (Wildman–Crippen LogP) is 2.82. The Morgan fingerprint density at radius 3 is 2.83 bits per heavy atom. The van der Waals surface area contributed by atoms with Gasteiger partial charge < -0.3 is 5.73 Å². The van der Waals surface area contributed by atoms with Crippen LogP contribution in [-0.4, -0.2) is 11.5 Å². The van der Waals surface area contributed by atoms with Gasteiger partial charge in [-0.1, -0.05) is 24.3 Å². The number of aromatic nitrogens is 1. The molecule has 1 atom stereocenters. The molecule has 18 heavy (non-hydrogen) atoms. The van der Waals surface area contributed by atoms with Crippen LogP contribution < -0.4 is 5.73 Å². The molecule has 0 aliphatic heterocycles. The van der Waals surface area contributed by atoms with Crippen LogP contribution in [0.15, 0.2) is 36.0 Å². The largest absolute Gasteiger partial charge is 0.330 e. The molecular weight excluding hydrogens is 240 g/mol. The van der Waals surface area contributed by atoms with Crippen LogP contribution in [0.4, 0.5) is 0 Å². The van der Waals surface area contributed by atoms with E-state index in [4.69, 9.17) is 5.73 Å². The molecule has 1 heterocycles. The van der Waals surface area contributed by atoms with Crippen molar-refractivity contribution in [1.82, 2.24) is 4.98 Å². The zero-order valence-corrected chi connectivity index (χ0v) is 11.2.